The fourth-order valence-corrected chi connectivity index (χ4v) is 1.93. The first-order chi connectivity index (χ1) is 6.93. The van der Waals surface area contributed by atoms with Gasteiger partial charge in [0, 0.05) is 16.6 Å². The zero-order valence-corrected chi connectivity index (χ0v) is 10.1. The molecule has 1 atom stereocenters. The third-order valence-corrected chi connectivity index (χ3v) is 2.75. The number of hydrogen-bond acceptors (Lipinski definition) is 1. The second-order valence-electron chi connectivity index (χ2n) is 4.33. The Labute approximate surface area is 95.4 Å². The van der Waals surface area contributed by atoms with E-state index >= 15 is 0 Å². The Morgan fingerprint density at radius 3 is 2.53 bits per heavy atom. The van der Waals surface area contributed by atoms with E-state index in [0.29, 0.717) is 22.1 Å². The highest BCUT2D eigenvalue weighted by Crippen LogP contribution is 2.29. The molecule has 1 aromatic rings. The lowest BCUT2D eigenvalue weighted by Crippen LogP contribution is -2.15. The highest BCUT2D eigenvalue weighted by atomic mass is 35.5. The molecule has 0 radical (unpaired) electrons. The maximum Gasteiger partial charge on any atom is 0.132 e. The maximum atomic E-state index is 13.8. The Morgan fingerprint density at radius 2 is 2.00 bits per heavy atom. The van der Waals surface area contributed by atoms with Crippen LogP contribution in [0.25, 0.3) is 0 Å². The van der Waals surface area contributed by atoms with Crippen LogP contribution in [0.4, 0.5) is 4.39 Å². The number of rotatable bonds is 3. The summed E-state index contributed by atoms with van der Waals surface area (Å²) < 4.78 is 13.8. The van der Waals surface area contributed by atoms with Crippen molar-refractivity contribution in [2.75, 3.05) is 0 Å². The van der Waals surface area contributed by atoms with Gasteiger partial charge in [-0.15, -0.1) is 0 Å². The minimum Gasteiger partial charge on any atom is -0.324 e. The lowest BCUT2D eigenvalue weighted by atomic mass is 9.96. The summed E-state index contributed by atoms with van der Waals surface area (Å²) in [4.78, 5) is 0. The molecular weight excluding hydrogens is 213 g/mol. The summed E-state index contributed by atoms with van der Waals surface area (Å²) in [6.07, 6.45) is 0.736. The predicted octanol–water partition coefficient (Wildman–Crippen LogP) is 3.83. The van der Waals surface area contributed by atoms with Crippen molar-refractivity contribution in [3.8, 4) is 0 Å². The molecule has 3 heteroatoms. The fraction of sp³-hybridized carbons (Fsp3) is 0.500. The Hall–Kier alpha value is -0.600. The Bertz CT molecular complexity index is 350. The van der Waals surface area contributed by atoms with Gasteiger partial charge >= 0.3 is 0 Å². The number of aryl methyl sites for hydroxylation is 1. The van der Waals surface area contributed by atoms with E-state index in [9.17, 15) is 4.39 Å². The second-order valence-corrected chi connectivity index (χ2v) is 4.74. The molecule has 0 aliphatic carbocycles. The number of nitrogens with two attached hydrogens (primary N) is 1. The summed E-state index contributed by atoms with van der Waals surface area (Å²) in [5.74, 6) is 0.159. The van der Waals surface area contributed by atoms with Crippen LogP contribution in [0.1, 0.15) is 37.4 Å². The molecule has 0 saturated heterocycles. The molecule has 1 rings (SSSR count). The highest BCUT2D eigenvalue weighted by Gasteiger charge is 2.17. The molecule has 1 nitrogen and oxygen atoms in total. The minimum atomic E-state index is -0.322. The monoisotopic (exact) mass is 229 g/mol. The van der Waals surface area contributed by atoms with Gasteiger partial charge < -0.3 is 5.73 Å². The molecule has 15 heavy (non-hydrogen) atoms. The number of hydrogen-bond donors (Lipinski definition) is 1. The van der Waals surface area contributed by atoms with Crippen molar-refractivity contribution in [3.05, 3.63) is 34.1 Å². The SMILES string of the molecule is Cc1ccc(Cl)c([C@@H](N)CC(C)C)c1F. The largest absolute Gasteiger partial charge is 0.324 e. The molecule has 1 aromatic carbocycles. The number of halogens is 2. The molecular formula is C12H17ClFN. The third-order valence-electron chi connectivity index (χ3n) is 2.42. The van der Waals surface area contributed by atoms with E-state index in [4.69, 9.17) is 17.3 Å². The minimum absolute atomic E-state index is 0.268. The van der Waals surface area contributed by atoms with Gasteiger partial charge in [-0.2, -0.15) is 0 Å². The van der Waals surface area contributed by atoms with Crippen molar-refractivity contribution in [2.45, 2.75) is 33.2 Å². The van der Waals surface area contributed by atoms with Crippen LogP contribution in [0, 0.1) is 18.7 Å². The van der Waals surface area contributed by atoms with Gasteiger partial charge in [-0.05, 0) is 30.9 Å². The molecule has 0 aromatic heterocycles. The third kappa shape index (κ3) is 2.93. The molecule has 0 aliphatic rings. The Morgan fingerprint density at radius 1 is 1.40 bits per heavy atom. The van der Waals surface area contributed by atoms with Crippen LogP contribution < -0.4 is 5.73 Å². The van der Waals surface area contributed by atoms with Gasteiger partial charge in [-0.3, -0.25) is 0 Å². The Balaban J connectivity index is 3.07. The molecule has 2 N–H and O–H groups in total. The van der Waals surface area contributed by atoms with E-state index in [1.807, 2.05) is 0 Å². The quantitative estimate of drug-likeness (QED) is 0.838. The number of benzene rings is 1. The van der Waals surface area contributed by atoms with E-state index in [-0.39, 0.29) is 11.9 Å². The predicted molar refractivity (Wildman–Crippen MR) is 62.5 cm³/mol. The highest BCUT2D eigenvalue weighted by molar-refractivity contribution is 6.31. The summed E-state index contributed by atoms with van der Waals surface area (Å²) in [7, 11) is 0. The van der Waals surface area contributed by atoms with Gasteiger partial charge in [-0.1, -0.05) is 31.5 Å². The molecule has 0 unspecified atom stereocenters. The van der Waals surface area contributed by atoms with Crippen molar-refractivity contribution in [1.29, 1.82) is 0 Å². The van der Waals surface area contributed by atoms with Gasteiger partial charge in [-0.25, -0.2) is 4.39 Å². The topological polar surface area (TPSA) is 26.0 Å². The van der Waals surface area contributed by atoms with Crippen LogP contribution in [-0.4, -0.2) is 0 Å². The molecule has 0 aliphatic heterocycles. The zero-order valence-electron chi connectivity index (χ0n) is 9.35. The standard InChI is InChI=1S/C12H17ClFN/c1-7(2)6-10(15)11-9(13)5-4-8(3)12(11)14/h4-5,7,10H,6,15H2,1-3H3/t10-/m0/s1. The Kier molecular flexibility index (Phi) is 4.12. The van der Waals surface area contributed by atoms with Gasteiger partial charge in [0.25, 0.3) is 0 Å². The lowest BCUT2D eigenvalue weighted by Gasteiger charge is -2.17. The summed E-state index contributed by atoms with van der Waals surface area (Å²) in [6.45, 7) is 5.83. The van der Waals surface area contributed by atoms with Crippen LogP contribution in [0.3, 0.4) is 0 Å². The van der Waals surface area contributed by atoms with Crippen molar-refractivity contribution >= 4 is 11.6 Å². The first kappa shape index (κ1) is 12.5. The smallest absolute Gasteiger partial charge is 0.132 e. The van der Waals surface area contributed by atoms with E-state index in [1.165, 1.54) is 0 Å². The van der Waals surface area contributed by atoms with Crippen molar-refractivity contribution in [2.24, 2.45) is 11.7 Å². The fourth-order valence-electron chi connectivity index (χ4n) is 1.64. The molecule has 84 valence electrons. The maximum absolute atomic E-state index is 13.8. The molecule has 0 saturated carbocycles. The molecule has 0 bridgehead atoms. The van der Waals surface area contributed by atoms with E-state index in [2.05, 4.69) is 13.8 Å². The normalized spacial score (nSPS) is 13.3. The van der Waals surface area contributed by atoms with Gasteiger partial charge in [0.1, 0.15) is 5.82 Å². The summed E-state index contributed by atoms with van der Waals surface area (Å²) in [5.41, 5.74) is 6.98. The van der Waals surface area contributed by atoms with Gasteiger partial charge in [0.05, 0.1) is 0 Å². The first-order valence-corrected chi connectivity index (χ1v) is 5.51. The average molecular weight is 230 g/mol. The zero-order chi connectivity index (χ0) is 11.6. The van der Waals surface area contributed by atoms with Crippen LogP contribution in [0.5, 0.6) is 0 Å². The van der Waals surface area contributed by atoms with E-state index in [0.717, 1.165) is 6.42 Å². The van der Waals surface area contributed by atoms with Gasteiger partial charge in [0.2, 0.25) is 0 Å². The van der Waals surface area contributed by atoms with Crippen molar-refractivity contribution in [1.82, 2.24) is 0 Å². The van der Waals surface area contributed by atoms with Crippen molar-refractivity contribution in [3.63, 3.8) is 0 Å². The molecule has 0 heterocycles. The van der Waals surface area contributed by atoms with Crippen LogP contribution in [0.2, 0.25) is 5.02 Å². The molecule has 0 fully saturated rings. The van der Waals surface area contributed by atoms with Crippen molar-refractivity contribution < 1.29 is 4.39 Å². The van der Waals surface area contributed by atoms with E-state index < -0.39 is 0 Å². The lowest BCUT2D eigenvalue weighted by molar-refractivity contribution is 0.487. The first-order valence-electron chi connectivity index (χ1n) is 5.13. The average Bonchev–Trinajstić information content (AvgIpc) is 2.11. The molecule has 0 amide bonds. The summed E-state index contributed by atoms with van der Waals surface area (Å²) in [5, 5.41) is 0.422. The van der Waals surface area contributed by atoms with Crippen LogP contribution in [0.15, 0.2) is 12.1 Å². The molecule has 0 spiro atoms. The second kappa shape index (κ2) is 4.95. The van der Waals surface area contributed by atoms with Crippen LogP contribution >= 0.6 is 11.6 Å². The summed E-state index contributed by atoms with van der Waals surface area (Å²) in [6, 6.07) is 3.05. The summed E-state index contributed by atoms with van der Waals surface area (Å²) >= 11 is 5.96. The van der Waals surface area contributed by atoms with Crippen LogP contribution in [-0.2, 0) is 0 Å². The van der Waals surface area contributed by atoms with E-state index in [1.54, 1.807) is 19.1 Å². The van der Waals surface area contributed by atoms with Gasteiger partial charge in [0.15, 0.2) is 0 Å².